The van der Waals surface area contributed by atoms with E-state index in [1.54, 1.807) is 23.9 Å². The molecule has 0 unspecified atom stereocenters. The third kappa shape index (κ3) is 4.49. The molecule has 0 radical (unpaired) electrons. The molecule has 0 saturated carbocycles. The van der Waals surface area contributed by atoms with Gasteiger partial charge in [-0.05, 0) is 30.2 Å². The highest BCUT2D eigenvalue weighted by Crippen LogP contribution is 2.28. The number of benzene rings is 2. The van der Waals surface area contributed by atoms with Crippen LogP contribution in [0.25, 0.3) is 0 Å². The van der Waals surface area contributed by atoms with Crippen LogP contribution in [0, 0.1) is 10.1 Å². The Bertz CT molecular complexity index is 602. The fourth-order valence-corrected chi connectivity index (χ4v) is 2.63. The molecule has 4 nitrogen and oxygen atoms in total. The largest absolute Gasteiger partial charge is 0.486 e. The van der Waals surface area contributed by atoms with Crippen molar-refractivity contribution in [3.8, 4) is 5.75 Å². The van der Waals surface area contributed by atoms with Crippen molar-refractivity contribution in [1.82, 2.24) is 0 Å². The molecule has 0 heterocycles. The van der Waals surface area contributed by atoms with E-state index in [2.05, 4.69) is 0 Å². The Kier molecular flexibility index (Phi) is 5.63. The first-order valence-corrected chi connectivity index (χ1v) is 7.77. The number of rotatable bonds is 7. The number of ether oxygens (including phenoxy) is 1. The molecule has 5 heteroatoms. The van der Waals surface area contributed by atoms with E-state index in [9.17, 15) is 10.1 Å². The number of hydrogen-bond acceptors (Lipinski definition) is 4. The fourth-order valence-electron chi connectivity index (χ4n) is 1.88. The molecule has 0 N–H and O–H groups in total. The van der Waals surface area contributed by atoms with Crippen molar-refractivity contribution >= 4 is 17.4 Å². The third-order valence-electron chi connectivity index (χ3n) is 2.98. The van der Waals surface area contributed by atoms with Gasteiger partial charge in [0, 0.05) is 16.7 Å². The predicted octanol–water partition coefficient (Wildman–Crippen LogP) is 4.33. The number of nitro groups is 1. The number of thioether (sulfide) groups is 1. The molecule has 0 atom stereocenters. The van der Waals surface area contributed by atoms with E-state index in [1.807, 2.05) is 43.3 Å². The molecule has 0 fully saturated rings. The first kappa shape index (κ1) is 15.4. The van der Waals surface area contributed by atoms with Crippen LogP contribution in [0.1, 0.15) is 12.5 Å². The van der Waals surface area contributed by atoms with Gasteiger partial charge >= 0.3 is 5.69 Å². The Morgan fingerprint density at radius 2 is 1.95 bits per heavy atom. The van der Waals surface area contributed by atoms with Crippen LogP contribution in [-0.4, -0.2) is 17.3 Å². The molecule has 2 rings (SSSR count). The van der Waals surface area contributed by atoms with Crippen LogP contribution in [0.2, 0.25) is 0 Å². The van der Waals surface area contributed by atoms with Gasteiger partial charge in [0.05, 0.1) is 11.5 Å². The Morgan fingerprint density at radius 3 is 2.62 bits per heavy atom. The summed E-state index contributed by atoms with van der Waals surface area (Å²) < 4.78 is 5.56. The monoisotopic (exact) mass is 303 g/mol. The maximum absolute atomic E-state index is 11.1. The Balaban J connectivity index is 1.92. The predicted molar refractivity (Wildman–Crippen MR) is 85.1 cm³/mol. The molecule has 110 valence electrons. The summed E-state index contributed by atoms with van der Waals surface area (Å²) in [6.45, 7) is 2.40. The summed E-state index contributed by atoms with van der Waals surface area (Å²) in [5.41, 5.74) is 0.978. The zero-order valence-electron chi connectivity index (χ0n) is 11.8. The van der Waals surface area contributed by atoms with Crippen LogP contribution in [-0.2, 0) is 6.42 Å². The minimum absolute atomic E-state index is 0.0408. The normalized spacial score (nSPS) is 10.3. The molecule has 0 saturated heterocycles. The summed E-state index contributed by atoms with van der Waals surface area (Å²) in [5, 5.41) is 11.1. The minimum atomic E-state index is -0.390. The molecule has 0 amide bonds. The van der Waals surface area contributed by atoms with Crippen LogP contribution >= 0.6 is 11.8 Å². The van der Waals surface area contributed by atoms with Crippen molar-refractivity contribution in [3.63, 3.8) is 0 Å². The van der Waals surface area contributed by atoms with Crippen molar-refractivity contribution in [1.29, 1.82) is 0 Å². The third-order valence-corrected chi connectivity index (χ3v) is 3.96. The molecular formula is C16H17NO3S. The summed E-state index contributed by atoms with van der Waals surface area (Å²) in [6, 6.07) is 15.1. The highest BCUT2D eigenvalue weighted by molar-refractivity contribution is 7.99. The SMILES string of the molecule is CCc1ccc(OCCSc2ccccc2)c([N+](=O)[O-])c1. The molecule has 0 aliphatic carbocycles. The highest BCUT2D eigenvalue weighted by atomic mass is 32.2. The first-order chi connectivity index (χ1) is 10.2. The van der Waals surface area contributed by atoms with Gasteiger partial charge in [0.2, 0.25) is 0 Å². The molecule has 0 spiro atoms. The molecule has 0 aliphatic heterocycles. The second kappa shape index (κ2) is 7.69. The Morgan fingerprint density at radius 1 is 1.19 bits per heavy atom. The summed E-state index contributed by atoms with van der Waals surface area (Å²) in [5.74, 6) is 1.09. The zero-order valence-corrected chi connectivity index (χ0v) is 12.6. The maximum atomic E-state index is 11.1. The van der Waals surface area contributed by atoms with E-state index in [0.29, 0.717) is 12.4 Å². The standard InChI is InChI=1S/C16H17NO3S/c1-2-13-8-9-16(15(12-13)17(18)19)20-10-11-21-14-6-4-3-5-7-14/h3-9,12H,2,10-11H2,1H3. The van der Waals surface area contributed by atoms with E-state index in [4.69, 9.17) is 4.74 Å². The molecule has 21 heavy (non-hydrogen) atoms. The van der Waals surface area contributed by atoms with Gasteiger partial charge in [0.15, 0.2) is 5.75 Å². The fraction of sp³-hybridized carbons (Fsp3) is 0.250. The van der Waals surface area contributed by atoms with Crippen LogP contribution in [0.3, 0.4) is 0 Å². The van der Waals surface area contributed by atoms with Gasteiger partial charge in [0.1, 0.15) is 0 Å². The van der Waals surface area contributed by atoms with Crippen LogP contribution in [0.5, 0.6) is 5.75 Å². The lowest BCUT2D eigenvalue weighted by Gasteiger charge is -2.07. The van der Waals surface area contributed by atoms with Gasteiger partial charge in [-0.15, -0.1) is 11.8 Å². The lowest BCUT2D eigenvalue weighted by Crippen LogP contribution is -2.03. The maximum Gasteiger partial charge on any atom is 0.311 e. The average molecular weight is 303 g/mol. The van der Waals surface area contributed by atoms with Crippen molar-refractivity contribution < 1.29 is 9.66 Å². The highest BCUT2D eigenvalue weighted by Gasteiger charge is 2.15. The molecule has 2 aromatic rings. The average Bonchev–Trinajstić information content (AvgIpc) is 2.52. The molecule has 0 bridgehead atoms. The first-order valence-electron chi connectivity index (χ1n) is 6.78. The van der Waals surface area contributed by atoms with Gasteiger partial charge in [-0.3, -0.25) is 10.1 Å². The van der Waals surface area contributed by atoms with Crippen molar-refractivity contribution in [3.05, 3.63) is 64.2 Å². The second-order valence-corrected chi connectivity index (χ2v) is 5.59. The summed E-state index contributed by atoms with van der Waals surface area (Å²) >= 11 is 1.67. The molecule has 0 aromatic heterocycles. The van der Waals surface area contributed by atoms with Crippen molar-refractivity contribution in [2.45, 2.75) is 18.2 Å². The van der Waals surface area contributed by atoms with E-state index < -0.39 is 4.92 Å². The lowest BCUT2D eigenvalue weighted by atomic mass is 10.1. The quantitative estimate of drug-likeness (QED) is 0.331. The van der Waals surface area contributed by atoms with E-state index in [1.165, 1.54) is 0 Å². The van der Waals surface area contributed by atoms with Gasteiger partial charge in [-0.25, -0.2) is 0 Å². The zero-order chi connectivity index (χ0) is 15.1. The van der Waals surface area contributed by atoms with Crippen molar-refractivity contribution in [2.24, 2.45) is 0 Å². The summed E-state index contributed by atoms with van der Waals surface area (Å²) in [4.78, 5) is 11.8. The van der Waals surface area contributed by atoms with Crippen LogP contribution in [0.15, 0.2) is 53.4 Å². The van der Waals surface area contributed by atoms with E-state index in [-0.39, 0.29) is 5.69 Å². The Labute approximate surface area is 128 Å². The lowest BCUT2D eigenvalue weighted by molar-refractivity contribution is -0.385. The van der Waals surface area contributed by atoms with Gasteiger partial charge in [-0.2, -0.15) is 0 Å². The van der Waals surface area contributed by atoms with Gasteiger partial charge in [0.25, 0.3) is 0 Å². The van der Waals surface area contributed by atoms with Crippen LogP contribution in [0.4, 0.5) is 5.69 Å². The topological polar surface area (TPSA) is 52.4 Å². The smallest absolute Gasteiger partial charge is 0.311 e. The number of nitro benzene ring substituents is 1. The molecular weight excluding hydrogens is 286 g/mol. The van der Waals surface area contributed by atoms with Gasteiger partial charge in [-0.1, -0.05) is 31.2 Å². The van der Waals surface area contributed by atoms with Gasteiger partial charge < -0.3 is 4.74 Å². The Hall–Kier alpha value is -2.01. The second-order valence-electron chi connectivity index (χ2n) is 4.42. The molecule has 0 aliphatic rings. The van der Waals surface area contributed by atoms with E-state index in [0.717, 1.165) is 22.6 Å². The minimum Gasteiger partial charge on any atom is -0.486 e. The number of aryl methyl sites for hydroxylation is 1. The number of nitrogens with zero attached hydrogens (tertiary/aromatic N) is 1. The number of hydrogen-bond donors (Lipinski definition) is 0. The summed E-state index contributed by atoms with van der Waals surface area (Å²) in [6.07, 6.45) is 0.769. The molecule has 2 aromatic carbocycles. The summed E-state index contributed by atoms with van der Waals surface area (Å²) in [7, 11) is 0. The van der Waals surface area contributed by atoms with Crippen molar-refractivity contribution in [2.75, 3.05) is 12.4 Å². The van der Waals surface area contributed by atoms with Crippen LogP contribution < -0.4 is 4.74 Å². The van der Waals surface area contributed by atoms with E-state index >= 15 is 0 Å².